The molecule has 0 aliphatic heterocycles. The predicted molar refractivity (Wildman–Crippen MR) is 78.7 cm³/mol. The second-order valence-corrected chi connectivity index (χ2v) is 5.88. The van der Waals surface area contributed by atoms with Gasteiger partial charge in [-0.2, -0.15) is 0 Å². The van der Waals surface area contributed by atoms with Crippen LogP contribution in [0.1, 0.15) is 48.3 Å². The number of H-pyrrole nitrogens is 1. The fourth-order valence-corrected chi connectivity index (χ4v) is 3.07. The molecule has 1 saturated carbocycles. The molecule has 0 aromatic carbocycles. The van der Waals surface area contributed by atoms with Crippen molar-refractivity contribution in [1.29, 1.82) is 0 Å². The number of rotatable bonds is 4. The highest BCUT2D eigenvalue weighted by molar-refractivity contribution is 5.94. The van der Waals surface area contributed by atoms with Crippen molar-refractivity contribution in [1.82, 2.24) is 15.3 Å². The number of hydrogen-bond acceptors (Lipinski definition) is 3. The van der Waals surface area contributed by atoms with E-state index in [2.05, 4.69) is 15.3 Å². The van der Waals surface area contributed by atoms with Crippen LogP contribution in [0.5, 0.6) is 0 Å². The number of aromatic nitrogens is 2. The van der Waals surface area contributed by atoms with Gasteiger partial charge in [-0.25, -0.2) is 13.8 Å². The van der Waals surface area contributed by atoms with Crippen molar-refractivity contribution in [3.8, 4) is 0 Å². The molecule has 2 aromatic rings. The Balaban J connectivity index is 1.88. The van der Waals surface area contributed by atoms with E-state index in [-0.39, 0.29) is 30.6 Å². The molecule has 3 rings (SSSR count). The normalized spacial score (nSPS) is 22.0. The van der Waals surface area contributed by atoms with Crippen molar-refractivity contribution < 1.29 is 13.6 Å². The molecule has 4 N–H and O–H groups in total. The topological polar surface area (TPSA) is 83.8 Å². The van der Waals surface area contributed by atoms with Crippen molar-refractivity contribution in [2.24, 2.45) is 5.73 Å². The van der Waals surface area contributed by atoms with E-state index in [1.165, 1.54) is 0 Å². The number of primary amides is 1. The third kappa shape index (κ3) is 2.81. The fraction of sp³-hybridized carbons (Fsp3) is 0.467. The van der Waals surface area contributed by atoms with Crippen LogP contribution in [-0.4, -0.2) is 27.8 Å². The Morgan fingerprint density at radius 2 is 2.36 bits per heavy atom. The van der Waals surface area contributed by atoms with Crippen LogP contribution >= 0.6 is 0 Å². The Hall–Kier alpha value is -2.02. The van der Waals surface area contributed by atoms with E-state index in [0.29, 0.717) is 11.9 Å². The Bertz CT molecular complexity index is 713. The van der Waals surface area contributed by atoms with Gasteiger partial charge in [0, 0.05) is 31.1 Å². The SMILES string of the molecule is C[C@H](N[C@@H]1CCC(F)(F)C1)c1cc(C(N)=O)nc2cc[nH]c12. The first-order chi connectivity index (χ1) is 10.4. The number of carbonyl (C=O) groups is 1. The third-order valence-corrected chi connectivity index (χ3v) is 4.16. The minimum absolute atomic E-state index is 0.0851. The molecule has 1 amide bonds. The predicted octanol–water partition coefficient (Wildman–Crippen LogP) is 2.50. The molecular formula is C15H18F2N4O. The molecular weight excluding hydrogens is 290 g/mol. The van der Waals surface area contributed by atoms with E-state index < -0.39 is 11.8 Å². The molecule has 22 heavy (non-hydrogen) atoms. The molecule has 2 heterocycles. The summed E-state index contributed by atoms with van der Waals surface area (Å²) in [6, 6.07) is 2.94. The Morgan fingerprint density at radius 1 is 1.59 bits per heavy atom. The quantitative estimate of drug-likeness (QED) is 0.811. The van der Waals surface area contributed by atoms with E-state index in [9.17, 15) is 13.6 Å². The van der Waals surface area contributed by atoms with Crippen molar-refractivity contribution in [2.45, 2.75) is 44.2 Å². The lowest BCUT2D eigenvalue weighted by molar-refractivity contribution is 0.00664. The Morgan fingerprint density at radius 3 is 3.00 bits per heavy atom. The largest absolute Gasteiger partial charge is 0.364 e. The number of nitrogens with two attached hydrogens (primary N) is 1. The summed E-state index contributed by atoms with van der Waals surface area (Å²) in [6.45, 7) is 1.89. The third-order valence-electron chi connectivity index (χ3n) is 4.16. The van der Waals surface area contributed by atoms with Gasteiger partial charge in [0.2, 0.25) is 5.92 Å². The smallest absolute Gasteiger partial charge is 0.267 e. The minimum Gasteiger partial charge on any atom is -0.364 e. The van der Waals surface area contributed by atoms with Crippen LogP contribution in [0.25, 0.3) is 11.0 Å². The molecule has 0 spiro atoms. The Kier molecular flexibility index (Phi) is 3.60. The maximum atomic E-state index is 13.3. The number of fused-ring (bicyclic) bond motifs is 1. The maximum Gasteiger partial charge on any atom is 0.267 e. The second kappa shape index (κ2) is 5.31. The first-order valence-electron chi connectivity index (χ1n) is 7.27. The first-order valence-corrected chi connectivity index (χ1v) is 7.27. The van der Waals surface area contributed by atoms with Gasteiger partial charge in [-0.05, 0) is 31.0 Å². The zero-order valence-corrected chi connectivity index (χ0v) is 12.2. The molecule has 0 saturated heterocycles. The number of alkyl halides is 2. The van der Waals surface area contributed by atoms with Gasteiger partial charge >= 0.3 is 0 Å². The lowest BCUT2D eigenvalue weighted by Gasteiger charge is -2.20. The lowest BCUT2D eigenvalue weighted by Crippen LogP contribution is -2.31. The van der Waals surface area contributed by atoms with Gasteiger partial charge in [0.05, 0.1) is 11.0 Å². The van der Waals surface area contributed by atoms with Crippen molar-refractivity contribution >= 4 is 16.9 Å². The summed E-state index contributed by atoms with van der Waals surface area (Å²) < 4.78 is 26.6. The average Bonchev–Trinajstić information content (AvgIpc) is 3.03. The van der Waals surface area contributed by atoms with Gasteiger partial charge in [0.1, 0.15) is 5.69 Å². The molecule has 0 bridgehead atoms. The number of carbonyl (C=O) groups excluding carboxylic acids is 1. The number of amides is 1. The van der Waals surface area contributed by atoms with Crippen molar-refractivity contribution in [3.05, 3.63) is 29.6 Å². The van der Waals surface area contributed by atoms with Crippen molar-refractivity contribution in [3.63, 3.8) is 0 Å². The lowest BCUT2D eigenvalue weighted by atomic mass is 10.0. The zero-order chi connectivity index (χ0) is 15.9. The molecule has 0 radical (unpaired) electrons. The number of aromatic amines is 1. The summed E-state index contributed by atoms with van der Waals surface area (Å²) in [5.41, 5.74) is 7.71. The van der Waals surface area contributed by atoms with Crippen molar-refractivity contribution in [2.75, 3.05) is 0 Å². The molecule has 5 nitrogen and oxygen atoms in total. The highest BCUT2D eigenvalue weighted by atomic mass is 19.3. The highest BCUT2D eigenvalue weighted by Gasteiger charge is 2.39. The van der Waals surface area contributed by atoms with Crippen LogP contribution < -0.4 is 11.1 Å². The molecule has 2 atom stereocenters. The number of halogens is 2. The molecule has 1 fully saturated rings. The fourth-order valence-electron chi connectivity index (χ4n) is 3.07. The van der Waals surface area contributed by atoms with Crippen LogP contribution in [-0.2, 0) is 0 Å². The summed E-state index contributed by atoms with van der Waals surface area (Å²) in [5, 5.41) is 3.22. The number of hydrogen-bond donors (Lipinski definition) is 3. The van der Waals surface area contributed by atoms with Gasteiger partial charge in [0.25, 0.3) is 5.91 Å². The van der Waals surface area contributed by atoms with E-state index in [1.807, 2.05) is 6.92 Å². The summed E-state index contributed by atoms with van der Waals surface area (Å²) in [7, 11) is 0. The van der Waals surface area contributed by atoms with E-state index >= 15 is 0 Å². The van der Waals surface area contributed by atoms with Gasteiger partial charge in [0.15, 0.2) is 0 Å². The molecule has 118 valence electrons. The maximum absolute atomic E-state index is 13.3. The molecule has 1 aliphatic carbocycles. The van der Waals surface area contributed by atoms with E-state index in [0.717, 1.165) is 11.1 Å². The van der Waals surface area contributed by atoms with Crippen LogP contribution in [0.3, 0.4) is 0 Å². The minimum atomic E-state index is -2.59. The zero-order valence-electron chi connectivity index (χ0n) is 12.2. The molecule has 1 aliphatic rings. The molecule has 7 heteroatoms. The van der Waals surface area contributed by atoms with E-state index in [1.54, 1.807) is 18.3 Å². The van der Waals surface area contributed by atoms with Gasteiger partial charge < -0.3 is 16.0 Å². The van der Waals surface area contributed by atoms with E-state index in [4.69, 9.17) is 5.73 Å². The number of nitrogens with zero attached hydrogens (tertiary/aromatic N) is 1. The van der Waals surface area contributed by atoms with Gasteiger partial charge in [-0.3, -0.25) is 4.79 Å². The standard InChI is InChI=1S/C15H18F2N4O/c1-8(20-9-2-4-15(16,17)7-9)10-6-12(14(18)22)21-11-3-5-19-13(10)11/h3,5-6,8-9,19-20H,2,4,7H2,1H3,(H2,18,22)/t8-,9+/m0/s1. The second-order valence-electron chi connectivity index (χ2n) is 5.88. The van der Waals surface area contributed by atoms with Crippen LogP contribution in [0.15, 0.2) is 18.3 Å². The van der Waals surface area contributed by atoms with Gasteiger partial charge in [-0.1, -0.05) is 0 Å². The number of pyridine rings is 1. The monoisotopic (exact) mass is 308 g/mol. The van der Waals surface area contributed by atoms with Gasteiger partial charge in [-0.15, -0.1) is 0 Å². The highest BCUT2D eigenvalue weighted by Crippen LogP contribution is 2.36. The van der Waals surface area contributed by atoms with Crippen LogP contribution in [0.4, 0.5) is 8.78 Å². The Labute approximate surface area is 126 Å². The summed E-state index contributed by atoms with van der Waals surface area (Å²) in [6.07, 6.45) is 1.93. The molecule has 2 aromatic heterocycles. The van der Waals surface area contributed by atoms with Crippen LogP contribution in [0.2, 0.25) is 0 Å². The summed E-state index contributed by atoms with van der Waals surface area (Å²) in [4.78, 5) is 18.7. The summed E-state index contributed by atoms with van der Waals surface area (Å²) >= 11 is 0. The number of nitrogens with one attached hydrogen (secondary N) is 2. The van der Waals surface area contributed by atoms with Crippen LogP contribution in [0, 0.1) is 0 Å². The average molecular weight is 308 g/mol. The first kappa shape index (κ1) is 14.9. The summed E-state index contributed by atoms with van der Waals surface area (Å²) in [5.74, 6) is -3.19. The molecule has 0 unspecified atom stereocenters.